The zero-order chi connectivity index (χ0) is 20.7. The van der Waals surface area contributed by atoms with Gasteiger partial charge < -0.3 is 5.11 Å². The number of hydrogen-bond acceptors (Lipinski definition) is 1. The van der Waals surface area contributed by atoms with Crippen LogP contribution in [0.3, 0.4) is 0 Å². The molecule has 1 aliphatic carbocycles. The number of fused-ring (bicyclic) bond motifs is 3. The van der Waals surface area contributed by atoms with Gasteiger partial charge in [0.1, 0.15) is 5.60 Å². The summed E-state index contributed by atoms with van der Waals surface area (Å²) in [5.41, 5.74) is 8.54. The van der Waals surface area contributed by atoms with Crippen LogP contribution in [0.1, 0.15) is 33.4 Å². The lowest BCUT2D eigenvalue weighted by Crippen LogP contribution is -2.22. The molecule has 0 atom stereocenters. The van der Waals surface area contributed by atoms with Crippen LogP contribution in [0.25, 0.3) is 16.7 Å². The largest absolute Gasteiger partial charge is 0.377 e. The predicted octanol–water partition coefficient (Wildman–Crippen LogP) is 6.65. The predicted molar refractivity (Wildman–Crippen MR) is 124 cm³/mol. The zero-order valence-corrected chi connectivity index (χ0v) is 17.3. The van der Waals surface area contributed by atoms with Gasteiger partial charge >= 0.3 is 0 Å². The fourth-order valence-electron chi connectivity index (χ4n) is 4.41. The van der Waals surface area contributed by atoms with Gasteiger partial charge in [0, 0.05) is 0 Å². The molecule has 0 heterocycles. The fourth-order valence-corrected chi connectivity index (χ4v) is 4.41. The summed E-state index contributed by atoms with van der Waals surface area (Å²) in [6.45, 7) is 4.19. The number of hydrogen-bond donors (Lipinski definition) is 1. The van der Waals surface area contributed by atoms with E-state index in [1.165, 1.54) is 11.1 Å². The highest BCUT2D eigenvalue weighted by Crippen LogP contribution is 2.49. The maximum Gasteiger partial charge on any atom is 0.135 e. The van der Waals surface area contributed by atoms with E-state index in [1.54, 1.807) is 0 Å². The van der Waals surface area contributed by atoms with E-state index in [-0.39, 0.29) is 0 Å². The van der Waals surface area contributed by atoms with E-state index in [4.69, 9.17) is 0 Å². The van der Waals surface area contributed by atoms with Crippen LogP contribution in [0.5, 0.6) is 0 Å². The summed E-state index contributed by atoms with van der Waals surface area (Å²) in [6, 6.07) is 33.4. The average Bonchev–Trinajstić information content (AvgIpc) is 3.03. The molecule has 1 heteroatoms. The van der Waals surface area contributed by atoms with Gasteiger partial charge in [0.2, 0.25) is 0 Å². The maximum atomic E-state index is 12.1. The molecular formula is C29H24O. The van der Waals surface area contributed by atoms with E-state index >= 15 is 0 Å². The zero-order valence-electron chi connectivity index (χ0n) is 17.3. The number of benzene rings is 4. The highest BCUT2D eigenvalue weighted by atomic mass is 16.3. The van der Waals surface area contributed by atoms with Crippen LogP contribution in [-0.4, -0.2) is 5.11 Å². The normalized spacial score (nSPS) is 13.4. The molecule has 0 radical (unpaired) electrons. The Hall–Kier alpha value is -3.42. The fraction of sp³-hybridized carbons (Fsp3) is 0.103. The summed E-state index contributed by atoms with van der Waals surface area (Å²) in [5.74, 6) is 0. The first-order chi connectivity index (χ1) is 14.6. The van der Waals surface area contributed by atoms with E-state index < -0.39 is 5.60 Å². The molecule has 0 bridgehead atoms. The van der Waals surface area contributed by atoms with Gasteiger partial charge in [-0.15, -0.1) is 0 Å². The van der Waals surface area contributed by atoms with Crippen molar-refractivity contribution in [1.82, 2.24) is 0 Å². The Morgan fingerprint density at radius 3 is 1.43 bits per heavy atom. The molecule has 1 nitrogen and oxygen atoms in total. The van der Waals surface area contributed by atoms with Crippen molar-refractivity contribution in [1.29, 1.82) is 0 Å². The standard InChI is InChI=1S/C29H24O/c1-20-11-15-22(16-12-20)26(23-17-13-21(2)14-18-23)19-29(30)27-9-5-3-7-24(27)25-8-4-6-10-28(25)29/h3-19,30H,1-2H3. The first-order valence-electron chi connectivity index (χ1n) is 10.3. The molecular weight excluding hydrogens is 364 g/mol. The molecule has 4 aromatic rings. The molecule has 0 unspecified atom stereocenters. The Morgan fingerprint density at radius 1 is 0.600 bits per heavy atom. The van der Waals surface area contributed by atoms with Crippen molar-refractivity contribution < 1.29 is 5.11 Å². The Morgan fingerprint density at radius 2 is 1.00 bits per heavy atom. The molecule has 0 saturated carbocycles. The van der Waals surface area contributed by atoms with Crippen LogP contribution in [0, 0.1) is 13.8 Å². The molecule has 0 fully saturated rings. The van der Waals surface area contributed by atoms with Crippen LogP contribution < -0.4 is 0 Å². The third-order valence-electron chi connectivity index (χ3n) is 6.04. The maximum absolute atomic E-state index is 12.1. The van der Waals surface area contributed by atoms with Crippen molar-refractivity contribution >= 4 is 5.57 Å². The summed E-state index contributed by atoms with van der Waals surface area (Å²) in [5, 5.41) is 12.1. The summed E-state index contributed by atoms with van der Waals surface area (Å²) in [4.78, 5) is 0. The van der Waals surface area contributed by atoms with Gasteiger partial charge in [-0.3, -0.25) is 0 Å². The number of rotatable bonds is 3. The molecule has 0 spiro atoms. The van der Waals surface area contributed by atoms with Gasteiger partial charge in [0.05, 0.1) is 0 Å². The Bertz CT molecular complexity index is 1150. The molecule has 5 rings (SSSR count). The van der Waals surface area contributed by atoms with E-state index in [0.29, 0.717) is 0 Å². The minimum atomic E-state index is -1.18. The van der Waals surface area contributed by atoms with Crippen LogP contribution in [0.4, 0.5) is 0 Å². The average molecular weight is 389 g/mol. The van der Waals surface area contributed by atoms with Gasteiger partial charge in [-0.25, -0.2) is 0 Å². The first-order valence-corrected chi connectivity index (χ1v) is 10.3. The summed E-state index contributed by atoms with van der Waals surface area (Å²) >= 11 is 0. The van der Waals surface area contributed by atoms with Gasteiger partial charge in [-0.1, -0.05) is 108 Å². The van der Waals surface area contributed by atoms with Crippen LogP contribution in [0.2, 0.25) is 0 Å². The van der Waals surface area contributed by atoms with Gasteiger partial charge in [-0.2, -0.15) is 0 Å². The molecule has 1 N–H and O–H groups in total. The van der Waals surface area contributed by atoms with E-state index in [1.807, 2.05) is 42.5 Å². The Kier molecular flexibility index (Phi) is 4.42. The second-order valence-corrected chi connectivity index (χ2v) is 8.15. The van der Waals surface area contributed by atoms with Gasteiger partial charge in [0.15, 0.2) is 0 Å². The Labute approximate surface area is 178 Å². The first kappa shape index (κ1) is 18.6. The molecule has 0 aliphatic heterocycles. The van der Waals surface area contributed by atoms with Crippen LogP contribution >= 0.6 is 0 Å². The van der Waals surface area contributed by atoms with Gasteiger partial charge in [-0.05, 0) is 58.9 Å². The highest BCUT2D eigenvalue weighted by molar-refractivity contribution is 5.86. The second kappa shape index (κ2) is 7.12. The van der Waals surface area contributed by atoms with Gasteiger partial charge in [0.25, 0.3) is 0 Å². The summed E-state index contributed by atoms with van der Waals surface area (Å²) < 4.78 is 0. The highest BCUT2D eigenvalue weighted by Gasteiger charge is 2.40. The molecule has 30 heavy (non-hydrogen) atoms. The lowest BCUT2D eigenvalue weighted by atomic mass is 9.85. The van der Waals surface area contributed by atoms with Crippen molar-refractivity contribution in [3.63, 3.8) is 0 Å². The number of aryl methyl sites for hydroxylation is 2. The van der Waals surface area contributed by atoms with Crippen molar-refractivity contribution in [2.24, 2.45) is 0 Å². The topological polar surface area (TPSA) is 20.2 Å². The molecule has 0 amide bonds. The van der Waals surface area contributed by atoms with Crippen LogP contribution in [0.15, 0.2) is 103 Å². The second-order valence-electron chi connectivity index (χ2n) is 8.15. The Balaban J connectivity index is 1.78. The van der Waals surface area contributed by atoms with Crippen molar-refractivity contribution in [2.45, 2.75) is 19.4 Å². The molecule has 4 aromatic carbocycles. The van der Waals surface area contributed by atoms with Crippen molar-refractivity contribution in [2.75, 3.05) is 0 Å². The molecule has 1 aliphatic rings. The molecule has 0 saturated heterocycles. The van der Waals surface area contributed by atoms with E-state index in [0.717, 1.165) is 39.0 Å². The third-order valence-corrected chi connectivity index (χ3v) is 6.04. The lowest BCUT2D eigenvalue weighted by molar-refractivity contribution is 0.140. The lowest BCUT2D eigenvalue weighted by Gasteiger charge is -2.24. The minimum absolute atomic E-state index is 0.933. The molecule has 146 valence electrons. The molecule has 0 aromatic heterocycles. The van der Waals surface area contributed by atoms with Crippen molar-refractivity contribution in [3.05, 3.63) is 137 Å². The van der Waals surface area contributed by atoms with Crippen molar-refractivity contribution in [3.8, 4) is 11.1 Å². The van der Waals surface area contributed by atoms with E-state index in [9.17, 15) is 5.11 Å². The summed E-state index contributed by atoms with van der Waals surface area (Å²) in [7, 11) is 0. The quantitative estimate of drug-likeness (QED) is 0.416. The summed E-state index contributed by atoms with van der Waals surface area (Å²) in [6.07, 6.45) is 2.03. The van der Waals surface area contributed by atoms with E-state index in [2.05, 4.69) is 74.5 Å². The third kappa shape index (κ3) is 2.99. The SMILES string of the molecule is Cc1ccc(C(=CC2(O)c3ccccc3-c3ccccc32)c2ccc(C)cc2)cc1. The smallest absolute Gasteiger partial charge is 0.135 e. The minimum Gasteiger partial charge on any atom is -0.377 e. The van der Waals surface area contributed by atoms with Crippen LogP contribution in [-0.2, 0) is 5.60 Å². The number of aliphatic hydroxyl groups is 1. The monoisotopic (exact) mass is 388 g/mol.